The molecule has 0 saturated carbocycles. The van der Waals surface area contributed by atoms with Gasteiger partial charge in [0.25, 0.3) is 17.4 Å². The van der Waals surface area contributed by atoms with Gasteiger partial charge >= 0.3 is 6.18 Å². The van der Waals surface area contributed by atoms with Gasteiger partial charge in [-0.15, -0.1) is 5.10 Å². The van der Waals surface area contributed by atoms with E-state index < -0.39 is 42.7 Å². The lowest BCUT2D eigenvalue weighted by molar-refractivity contribution is -0.323. The summed E-state index contributed by atoms with van der Waals surface area (Å²) in [5.41, 5.74) is -2.22. The molecule has 192 valence electrons. The predicted molar refractivity (Wildman–Crippen MR) is 124 cm³/mol. The fourth-order valence-corrected chi connectivity index (χ4v) is 3.74. The minimum Gasteiger partial charge on any atom is -0.455 e. The molecule has 0 bridgehead atoms. The summed E-state index contributed by atoms with van der Waals surface area (Å²) in [6.45, 7) is 0.0956. The second kappa shape index (κ2) is 9.72. The molecule has 0 aliphatic carbocycles. The van der Waals surface area contributed by atoms with Crippen LogP contribution in [0.5, 0.6) is 5.88 Å². The van der Waals surface area contributed by atoms with Gasteiger partial charge in [-0.3, -0.25) is 9.59 Å². The molecule has 10 nitrogen and oxygen atoms in total. The maximum absolute atomic E-state index is 13.6. The number of ether oxygens (including phenoxy) is 2. The molecule has 1 aromatic carbocycles. The molecule has 1 aliphatic rings. The number of hydrogen-bond acceptors (Lipinski definition) is 7. The number of amides is 2. The van der Waals surface area contributed by atoms with Gasteiger partial charge in [0, 0.05) is 19.3 Å². The number of carbonyl (C=O) groups excluding carboxylic acids is 2. The average molecular weight is 535 g/mol. The van der Waals surface area contributed by atoms with Crippen LogP contribution in [-0.4, -0.2) is 58.6 Å². The number of pyridine rings is 1. The van der Waals surface area contributed by atoms with Crippen molar-refractivity contribution in [3.63, 3.8) is 0 Å². The lowest BCUT2D eigenvalue weighted by Crippen LogP contribution is -2.64. The van der Waals surface area contributed by atoms with Crippen LogP contribution in [0.4, 0.5) is 18.9 Å². The first-order valence-corrected chi connectivity index (χ1v) is 11.0. The first kappa shape index (κ1) is 25.9. The highest BCUT2D eigenvalue weighted by molar-refractivity contribution is 6.32. The first-order valence-electron chi connectivity index (χ1n) is 10.6. The Bertz CT molecular complexity index is 1430. The number of nitriles is 1. The summed E-state index contributed by atoms with van der Waals surface area (Å²) >= 11 is 6.21. The van der Waals surface area contributed by atoms with Crippen LogP contribution in [0.25, 0.3) is 5.82 Å². The number of nitrogens with one attached hydrogen (secondary N) is 2. The monoisotopic (exact) mass is 534 g/mol. The van der Waals surface area contributed by atoms with Gasteiger partial charge in [-0.25, -0.2) is 9.67 Å². The number of nitrogens with zero attached hydrogens (tertiary/aromatic N) is 4. The number of carbonyl (C=O) groups is 2. The molecule has 0 atom stereocenters. The molecular formula is C23H18ClF3N6O4. The molecule has 37 heavy (non-hydrogen) atoms. The molecule has 0 radical (unpaired) electrons. The van der Waals surface area contributed by atoms with E-state index in [1.54, 1.807) is 6.92 Å². The normalized spacial score (nSPS) is 14.3. The molecule has 14 heteroatoms. The highest BCUT2D eigenvalue weighted by atomic mass is 35.5. The molecule has 1 aliphatic heterocycles. The van der Waals surface area contributed by atoms with Crippen molar-refractivity contribution in [2.75, 3.05) is 25.6 Å². The fourth-order valence-electron chi connectivity index (χ4n) is 3.54. The standard InChI is InChI=1S/C23H18ClF3N6O4/c1-12-6-13(9-28)7-14(20(34)29-2)18(12)31-21(35)16-8-17(37-22(10-36-11-22)23(25,26)27)32-33(16)19-15(24)4-3-5-30-19/h3-8H,10-11H2,1-2H3,(H,29,34)(H,31,35). The zero-order valence-corrected chi connectivity index (χ0v) is 20.1. The van der Waals surface area contributed by atoms with Gasteiger partial charge in [0.2, 0.25) is 5.88 Å². The van der Waals surface area contributed by atoms with Crippen LogP contribution in [0.2, 0.25) is 5.02 Å². The summed E-state index contributed by atoms with van der Waals surface area (Å²) in [4.78, 5) is 29.9. The van der Waals surface area contributed by atoms with E-state index in [0.717, 1.165) is 10.7 Å². The van der Waals surface area contributed by atoms with Crippen LogP contribution in [0, 0.1) is 18.3 Å². The fraction of sp³-hybridized carbons (Fsp3) is 0.261. The number of hydrogen-bond donors (Lipinski definition) is 2. The third-order valence-corrected chi connectivity index (χ3v) is 5.82. The van der Waals surface area contributed by atoms with Crippen LogP contribution in [-0.2, 0) is 4.74 Å². The van der Waals surface area contributed by atoms with E-state index in [9.17, 15) is 28.0 Å². The van der Waals surface area contributed by atoms with Crippen LogP contribution >= 0.6 is 11.6 Å². The Morgan fingerprint density at radius 3 is 2.57 bits per heavy atom. The van der Waals surface area contributed by atoms with Crippen LogP contribution < -0.4 is 15.4 Å². The Labute approximate surface area is 212 Å². The van der Waals surface area contributed by atoms with E-state index in [1.165, 1.54) is 37.5 Å². The SMILES string of the molecule is CNC(=O)c1cc(C#N)cc(C)c1NC(=O)c1cc(OC2(C(F)(F)F)COC2)nn1-c1ncccc1Cl. The summed E-state index contributed by atoms with van der Waals surface area (Å²) < 4.78 is 51.7. The Kier molecular flexibility index (Phi) is 6.81. The average Bonchev–Trinajstić information content (AvgIpc) is 3.25. The van der Waals surface area contributed by atoms with Crippen molar-refractivity contribution >= 4 is 29.1 Å². The van der Waals surface area contributed by atoms with E-state index in [4.69, 9.17) is 21.1 Å². The molecule has 2 aromatic heterocycles. The minimum absolute atomic E-state index is 0.00782. The van der Waals surface area contributed by atoms with Gasteiger partial charge in [-0.1, -0.05) is 11.6 Å². The Hall–Kier alpha value is -4.15. The quantitative estimate of drug-likeness (QED) is 0.495. The minimum atomic E-state index is -4.76. The summed E-state index contributed by atoms with van der Waals surface area (Å²) in [5, 5.41) is 18.3. The maximum Gasteiger partial charge on any atom is 0.432 e. The number of benzene rings is 1. The molecule has 0 unspecified atom stereocenters. The number of halogens is 4. The van der Waals surface area contributed by atoms with Gasteiger partial charge in [0.05, 0.1) is 41.1 Å². The number of anilines is 1. The topological polar surface area (TPSA) is 131 Å². The predicted octanol–water partition coefficient (Wildman–Crippen LogP) is 3.42. The van der Waals surface area contributed by atoms with Crippen molar-refractivity contribution in [3.8, 4) is 17.8 Å². The third kappa shape index (κ3) is 4.81. The van der Waals surface area contributed by atoms with Crippen molar-refractivity contribution in [1.29, 1.82) is 5.26 Å². The molecule has 2 amide bonds. The van der Waals surface area contributed by atoms with Crippen LogP contribution in [0.1, 0.15) is 32.0 Å². The van der Waals surface area contributed by atoms with Gasteiger partial charge in [0.1, 0.15) is 5.69 Å². The second-order valence-corrected chi connectivity index (χ2v) is 8.44. The number of aryl methyl sites for hydroxylation is 1. The zero-order valence-electron chi connectivity index (χ0n) is 19.3. The van der Waals surface area contributed by atoms with Gasteiger partial charge in [-0.05, 0) is 36.8 Å². The molecule has 3 heterocycles. The number of aromatic nitrogens is 3. The van der Waals surface area contributed by atoms with Crippen LogP contribution in [0.3, 0.4) is 0 Å². The molecule has 4 rings (SSSR count). The van der Waals surface area contributed by atoms with E-state index >= 15 is 0 Å². The van der Waals surface area contributed by atoms with Crippen molar-refractivity contribution < 1.29 is 32.2 Å². The van der Waals surface area contributed by atoms with Crippen molar-refractivity contribution in [3.05, 3.63) is 63.9 Å². The molecular weight excluding hydrogens is 517 g/mol. The maximum atomic E-state index is 13.6. The second-order valence-electron chi connectivity index (χ2n) is 8.04. The Morgan fingerprint density at radius 1 is 1.27 bits per heavy atom. The van der Waals surface area contributed by atoms with Crippen molar-refractivity contribution in [2.24, 2.45) is 0 Å². The third-order valence-electron chi connectivity index (χ3n) is 5.52. The van der Waals surface area contributed by atoms with Gasteiger partial charge in [-0.2, -0.15) is 18.4 Å². The van der Waals surface area contributed by atoms with Crippen LogP contribution in [0.15, 0.2) is 36.5 Å². The number of alkyl halides is 3. The van der Waals surface area contributed by atoms with Crippen molar-refractivity contribution in [1.82, 2.24) is 20.1 Å². The van der Waals surface area contributed by atoms with Gasteiger partial charge < -0.3 is 20.1 Å². The molecule has 2 N–H and O–H groups in total. The summed E-state index contributed by atoms with van der Waals surface area (Å²) in [7, 11) is 1.38. The van der Waals surface area contributed by atoms with E-state index in [2.05, 4.69) is 20.7 Å². The zero-order chi connectivity index (χ0) is 27.0. The molecule has 3 aromatic rings. The number of rotatable bonds is 6. The first-order chi connectivity index (χ1) is 17.5. The highest BCUT2D eigenvalue weighted by Gasteiger charge is 2.63. The molecule has 1 saturated heterocycles. The lowest BCUT2D eigenvalue weighted by atomic mass is 10.0. The molecule has 0 spiro atoms. The highest BCUT2D eigenvalue weighted by Crippen LogP contribution is 2.40. The summed E-state index contributed by atoms with van der Waals surface area (Å²) in [5.74, 6) is -1.99. The lowest BCUT2D eigenvalue weighted by Gasteiger charge is -2.41. The smallest absolute Gasteiger partial charge is 0.432 e. The van der Waals surface area contributed by atoms with Crippen molar-refractivity contribution in [2.45, 2.75) is 18.7 Å². The van der Waals surface area contributed by atoms with E-state index in [-0.39, 0.29) is 33.3 Å². The van der Waals surface area contributed by atoms with E-state index in [1.807, 2.05) is 6.07 Å². The largest absolute Gasteiger partial charge is 0.455 e. The van der Waals surface area contributed by atoms with E-state index in [0.29, 0.717) is 5.56 Å². The Morgan fingerprint density at radius 2 is 2.00 bits per heavy atom. The summed E-state index contributed by atoms with van der Waals surface area (Å²) in [6, 6.07) is 8.68. The van der Waals surface area contributed by atoms with Gasteiger partial charge in [0.15, 0.2) is 5.82 Å². The molecule has 1 fully saturated rings. The summed E-state index contributed by atoms with van der Waals surface area (Å²) in [6.07, 6.45) is -3.40. The Balaban J connectivity index is 1.78.